The molecule has 0 unspecified atom stereocenters. The van der Waals surface area contributed by atoms with Crippen LogP contribution in [0.1, 0.15) is 39.9 Å². The first-order valence-corrected chi connectivity index (χ1v) is 16.0. The normalized spacial score (nSPS) is 16.1. The molecule has 2 aliphatic rings. The van der Waals surface area contributed by atoms with Gasteiger partial charge >= 0.3 is 12.1 Å². The van der Waals surface area contributed by atoms with Gasteiger partial charge in [-0.2, -0.15) is 13.2 Å². The van der Waals surface area contributed by atoms with Crippen molar-refractivity contribution < 1.29 is 36.3 Å². The second kappa shape index (κ2) is 14.6. The molecular weight excluding hydrogens is 703 g/mol. The summed E-state index contributed by atoms with van der Waals surface area (Å²) in [5.74, 6) is -5.02. The van der Waals surface area contributed by atoms with Gasteiger partial charge in [0, 0.05) is 72.9 Å². The molecule has 0 radical (unpaired) electrons. The first kappa shape index (κ1) is 35.2. The molecule has 48 heavy (non-hydrogen) atoms. The molecule has 15 heteroatoms. The number of hydrogen-bond acceptors (Lipinski definition) is 7. The van der Waals surface area contributed by atoms with Crippen molar-refractivity contribution in [3.8, 4) is 0 Å². The highest BCUT2D eigenvalue weighted by atomic mass is 79.9. The predicted molar refractivity (Wildman–Crippen MR) is 176 cm³/mol. The van der Waals surface area contributed by atoms with Gasteiger partial charge in [0.05, 0.1) is 11.3 Å². The molecule has 0 saturated carbocycles. The number of nitrogens with two attached hydrogens (primary N) is 1. The van der Waals surface area contributed by atoms with Crippen LogP contribution in [-0.2, 0) is 16.0 Å². The van der Waals surface area contributed by atoms with E-state index in [0.29, 0.717) is 52.4 Å². The van der Waals surface area contributed by atoms with E-state index in [9.17, 15) is 31.5 Å². The third-order valence-electron chi connectivity index (χ3n) is 8.41. The highest BCUT2D eigenvalue weighted by molar-refractivity contribution is 9.10. The number of ether oxygens (including phenoxy) is 1. The molecule has 2 aliphatic heterocycles. The molecule has 0 bridgehead atoms. The molecule has 2 saturated heterocycles. The second-order valence-electron chi connectivity index (χ2n) is 11.8. The summed E-state index contributed by atoms with van der Waals surface area (Å²) in [6.45, 7) is 2.89. The van der Waals surface area contributed by atoms with E-state index in [2.05, 4.69) is 26.1 Å². The highest BCUT2D eigenvalue weighted by Gasteiger charge is 2.46. The topological polar surface area (TPSA) is 115 Å². The molecule has 0 spiro atoms. The van der Waals surface area contributed by atoms with Crippen LogP contribution in [0.2, 0.25) is 0 Å². The molecule has 5 rings (SSSR count). The molecule has 0 atom stereocenters. The molecule has 2 fully saturated rings. The third kappa shape index (κ3) is 8.13. The zero-order valence-electron chi connectivity index (χ0n) is 26.0. The Morgan fingerprint density at radius 3 is 2.27 bits per heavy atom. The summed E-state index contributed by atoms with van der Waals surface area (Å²) in [7, 11) is 1.96. The number of rotatable bonds is 7. The molecule has 2 amide bonds. The number of benzene rings is 3. The molecule has 3 aromatic rings. The van der Waals surface area contributed by atoms with Gasteiger partial charge in [-0.3, -0.25) is 15.0 Å². The lowest BCUT2D eigenvalue weighted by atomic mass is 10.0. The number of amides is 2. The zero-order chi connectivity index (χ0) is 34.7. The van der Waals surface area contributed by atoms with Crippen LogP contribution >= 0.6 is 15.9 Å². The van der Waals surface area contributed by atoms with E-state index >= 15 is 0 Å². The summed E-state index contributed by atoms with van der Waals surface area (Å²) in [6.07, 6.45) is -4.91. The van der Waals surface area contributed by atoms with E-state index in [1.807, 2.05) is 11.9 Å². The maximum absolute atomic E-state index is 14.1. The van der Waals surface area contributed by atoms with E-state index in [-0.39, 0.29) is 55.0 Å². The molecule has 0 aromatic heterocycles. The van der Waals surface area contributed by atoms with Crippen molar-refractivity contribution in [2.75, 3.05) is 62.0 Å². The van der Waals surface area contributed by atoms with Crippen molar-refractivity contribution in [2.24, 2.45) is 0 Å². The fourth-order valence-corrected chi connectivity index (χ4v) is 6.39. The van der Waals surface area contributed by atoms with Crippen molar-refractivity contribution >= 4 is 50.6 Å². The number of nitrogens with zero attached hydrogens (tertiary/aromatic N) is 3. The maximum atomic E-state index is 14.1. The minimum atomic E-state index is -5.23. The molecule has 4 N–H and O–H groups in total. The van der Waals surface area contributed by atoms with Crippen molar-refractivity contribution in [1.82, 2.24) is 10.2 Å². The van der Waals surface area contributed by atoms with Crippen molar-refractivity contribution in [1.29, 1.82) is 5.41 Å². The number of anilines is 3. The summed E-state index contributed by atoms with van der Waals surface area (Å²) >= 11 is 3.38. The van der Waals surface area contributed by atoms with Gasteiger partial charge in [-0.15, -0.1) is 0 Å². The van der Waals surface area contributed by atoms with Crippen LogP contribution in [0.15, 0.2) is 53.0 Å². The molecule has 2 heterocycles. The monoisotopic (exact) mass is 736 g/mol. The van der Waals surface area contributed by atoms with Gasteiger partial charge in [0.15, 0.2) is 0 Å². The summed E-state index contributed by atoms with van der Waals surface area (Å²) < 4.78 is 75.7. The Bertz CT molecular complexity index is 1690. The highest BCUT2D eigenvalue weighted by Crippen LogP contribution is 2.35. The first-order valence-electron chi connectivity index (χ1n) is 15.2. The Balaban J connectivity index is 1.50. The minimum Gasteiger partial charge on any atom is -0.398 e. The lowest BCUT2D eigenvalue weighted by molar-refractivity contribution is -0.171. The number of hydrogen-bond donors (Lipinski definition) is 3. The van der Waals surface area contributed by atoms with Gasteiger partial charge in [-0.25, -0.2) is 8.78 Å². The SMILES string of the molecule is CN1CCN(c2ccc(C(=O)NC(=N)c3cc(Cc4cc(F)cc(F)c4)c(Br)cc3N)c(N(C(=O)C(F)(F)F)C3CCOCC3)c2)CC1. The Labute approximate surface area is 282 Å². The quantitative estimate of drug-likeness (QED) is 0.128. The number of halogens is 6. The van der Waals surface area contributed by atoms with Gasteiger partial charge in [0.1, 0.15) is 17.5 Å². The lowest BCUT2D eigenvalue weighted by Gasteiger charge is -2.37. The standard InChI is InChI=1S/C33H34BrF5N6O3/c1-43-6-8-44(9-7-43)24-2-3-25(29(17-24)45(32(47)33(37,38)39)23-4-10-48-11-5-23)31(46)42-30(41)26-15-20(27(34)18-28(26)40)12-19-13-21(35)16-22(36)14-19/h2-3,13-18,23H,4-12,40H2,1H3,(H2,41,42,46). The predicted octanol–water partition coefficient (Wildman–Crippen LogP) is 5.48. The zero-order valence-corrected chi connectivity index (χ0v) is 27.6. The van der Waals surface area contributed by atoms with Crippen LogP contribution < -0.4 is 20.9 Å². The van der Waals surface area contributed by atoms with E-state index in [4.69, 9.17) is 15.9 Å². The summed E-state index contributed by atoms with van der Waals surface area (Å²) in [4.78, 5) is 31.6. The molecule has 9 nitrogen and oxygen atoms in total. The van der Waals surface area contributed by atoms with Gasteiger partial charge in [0.2, 0.25) is 0 Å². The largest absolute Gasteiger partial charge is 0.471 e. The van der Waals surface area contributed by atoms with E-state index < -0.39 is 41.5 Å². The lowest BCUT2D eigenvalue weighted by Crippen LogP contribution is -2.50. The van der Waals surface area contributed by atoms with Gasteiger partial charge < -0.3 is 30.5 Å². The van der Waals surface area contributed by atoms with Crippen LogP contribution in [0, 0.1) is 17.0 Å². The fraction of sp³-hybridized carbons (Fsp3) is 0.364. The number of piperazine rings is 1. The Kier molecular flexibility index (Phi) is 10.7. The minimum absolute atomic E-state index is 0.0568. The number of likely N-dealkylation sites (N-methyl/N-ethyl adjacent to an activating group) is 1. The van der Waals surface area contributed by atoms with Crippen molar-refractivity contribution in [2.45, 2.75) is 31.5 Å². The average molecular weight is 738 g/mol. The van der Waals surface area contributed by atoms with E-state index in [0.717, 1.165) is 6.07 Å². The van der Waals surface area contributed by atoms with Crippen LogP contribution in [0.4, 0.5) is 39.0 Å². The number of carbonyl (C=O) groups excluding carboxylic acids is 2. The maximum Gasteiger partial charge on any atom is 0.471 e. The number of amidine groups is 1. The first-order chi connectivity index (χ1) is 22.7. The van der Waals surface area contributed by atoms with E-state index in [1.165, 1.54) is 36.4 Å². The van der Waals surface area contributed by atoms with Crippen molar-refractivity contribution in [3.63, 3.8) is 0 Å². The summed E-state index contributed by atoms with van der Waals surface area (Å²) in [5, 5.41) is 11.1. The number of nitrogen functional groups attached to an aromatic ring is 1. The third-order valence-corrected chi connectivity index (χ3v) is 9.15. The average Bonchev–Trinajstić information content (AvgIpc) is 3.02. The number of alkyl halides is 3. The molecule has 3 aromatic carbocycles. The van der Waals surface area contributed by atoms with Crippen LogP contribution in [-0.4, -0.2) is 81.2 Å². The molecular formula is C33H34BrF5N6O3. The summed E-state index contributed by atoms with van der Waals surface area (Å²) in [6, 6.07) is 9.53. The molecule has 256 valence electrons. The molecule has 0 aliphatic carbocycles. The van der Waals surface area contributed by atoms with Crippen LogP contribution in [0.5, 0.6) is 0 Å². The van der Waals surface area contributed by atoms with Crippen LogP contribution in [0.25, 0.3) is 0 Å². The Hall–Kier alpha value is -4.08. The van der Waals surface area contributed by atoms with Crippen molar-refractivity contribution in [3.05, 3.63) is 86.9 Å². The van der Waals surface area contributed by atoms with Gasteiger partial charge in [-0.05, 0) is 79.9 Å². The fourth-order valence-electron chi connectivity index (χ4n) is 5.89. The van der Waals surface area contributed by atoms with E-state index in [1.54, 1.807) is 6.07 Å². The number of nitrogens with one attached hydrogen (secondary N) is 2. The van der Waals surface area contributed by atoms with Gasteiger partial charge in [-0.1, -0.05) is 15.9 Å². The second-order valence-corrected chi connectivity index (χ2v) is 12.7. The Morgan fingerprint density at radius 2 is 1.65 bits per heavy atom. The number of carbonyl (C=O) groups is 2. The smallest absolute Gasteiger partial charge is 0.398 e. The van der Waals surface area contributed by atoms with Gasteiger partial charge in [0.25, 0.3) is 5.91 Å². The Morgan fingerprint density at radius 1 is 1.00 bits per heavy atom. The summed E-state index contributed by atoms with van der Waals surface area (Å²) in [5.41, 5.74) is 7.23. The van der Waals surface area contributed by atoms with Crippen LogP contribution in [0.3, 0.4) is 0 Å².